The van der Waals surface area contributed by atoms with Crippen LogP contribution in [-0.2, 0) is 16.1 Å². The first-order valence-electron chi connectivity index (χ1n) is 8.26. The van der Waals surface area contributed by atoms with E-state index in [1.54, 1.807) is 16.9 Å². The van der Waals surface area contributed by atoms with Gasteiger partial charge in [0.25, 0.3) is 5.91 Å². The van der Waals surface area contributed by atoms with Gasteiger partial charge in [-0.25, -0.2) is 0 Å². The highest BCUT2D eigenvalue weighted by Gasteiger charge is 2.30. The van der Waals surface area contributed by atoms with Crippen molar-refractivity contribution in [1.29, 1.82) is 0 Å². The Morgan fingerprint density at radius 2 is 2.04 bits per heavy atom. The number of rotatable bonds is 5. The number of nitrogens with two attached hydrogens (primary N) is 1. The van der Waals surface area contributed by atoms with E-state index in [4.69, 9.17) is 10.5 Å². The summed E-state index contributed by atoms with van der Waals surface area (Å²) in [6, 6.07) is 7.64. The van der Waals surface area contributed by atoms with Crippen LogP contribution in [0.1, 0.15) is 12.0 Å². The third kappa shape index (κ3) is 3.65. The lowest BCUT2D eigenvalue weighted by Crippen LogP contribution is -2.45. The number of hydrogen-bond donors (Lipinski definition) is 1. The Morgan fingerprint density at radius 3 is 2.72 bits per heavy atom. The highest BCUT2D eigenvalue weighted by atomic mass is 16.5. The largest absolute Gasteiger partial charge is 0.497 e. The van der Waals surface area contributed by atoms with Crippen molar-refractivity contribution in [3.8, 4) is 5.75 Å². The fourth-order valence-electron chi connectivity index (χ4n) is 3.04. The number of benzene rings is 1. The van der Waals surface area contributed by atoms with Crippen LogP contribution >= 0.6 is 0 Å². The second-order valence-electron chi connectivity index (χ2n) is 6.13. The summed E-state index contributed by atoms with van der Waals surface area (Å²) in [5, 5.41) is 0. The molecule has 7 heteroatoms. The molecule has 3 rings (SSSR count). The molecule has 25 heavy (non-hydrogen) atoms. The number of hydrogen-bond acceptors (Lipinski definition) is 5. The Morgan fingerprint density at radius 1 is 1.28 bits per heavy atom. The predicted octanol–water partition coefficient (Wildman–Crippen LogP) is 0.553. The second kappa shape index (κ2) is 7.38. The molecule has 2 N–H and O–H groups in total. The molecule has 0 saturated carbocycles. The van der Waals surface area contributed by atoms with E-state index in [-0.39, 0.29) is 5.91 Å². The van der Waals surface area contributed by atoms with Crippen LogP contribution in [0.5, 0.6) is 5.75 Å². The highest BCUT2D eigenvalue weighted by molar-refractivity contribution is 6.45. The van der Waals surface area contributed by atoms with Gasteiger partial charge in [-0.3, -0.25) is 14.6 Å². The molecule has 2 aliphatic rings. The molecule has 1 aromatic carbocycles. The molecular weight excluding hydrogens is 320 g/mol. The quantitative estimate of drug-likeness (QED) is 0.792. The zero-order chi connectivity index (χ0) is 17.8. The first kappa shape index (κ1) is 17.0. The number of carbonyl (C=O) groups excluding carboxylic acids is 2. The average molecular weight is 342 g/mol. The first-order chi connectivity index (χ1) is 12.1. The fourth-order valence-corrected chi connectivity index (χ4v) is 3.04. The minimum Gasteiger partial charge on any atom is -0.497 e. The van der Waals surface area contributed by atoms with E-state index in [1.165, 1.54) is 0 Å². The zero-order valence-corrected chi connectivity index (χ0v) is 14.3. The van der Waals surface area contributed by atoms with E-state index in [2.05, 4.69) is 4.99 Å². The van der Waals surface area contributed by atoms with Gasteiger partial charge in [0.2, 0.25) is 6.41 Å². The summed E-state index contributed by atoms with van der Waals surface area (Å²) in [4.78, 5) is 31.7. The van der Waals surface area contributed by atoms with Crippen molar-refractivity contribution in [2.75, 3.05) is 33.3 Å². The van der Waals surface area contributed by atoms with E-state index in [0.717, 1.165) is 17.7 Å². The molecule has 0 radical (unpaired) electrons. The van der Waals surface area contributed by atoms with Gasteiger partial charge in [-0.2, -0.15) is 0 Å². The fraction of sp³-hybridized carbons (Fsp3) is 0.389. The van der Waals surface area contributed by atoms with Crippen LogP contribution in [0.2, 0.25) is 0 Å². The third-order valence-corrected chi connectivity index (χ3v) is 4.51. The van der Waals surface area contributed by atoms with Gasteiger partial charge in [-0.1, -0.05) is 12.1 Å². The van der Waals surface area contributed by atoms with E-state index >= 15 is 0 Å². The van der Waals surface area contributed by atoms with Crippen LogP contribution in [0, 0.1) is 0 Å². The lowest BCUT2D eigenvalue weighted by Gasteiger charge is -2.31. The molecule has 0 atom stereocenters. The predicted molar refractivity (Wildman–Crippen MR) is 94.2 cm³/mol. The monoisotopic (exact) mass is 342 g/mol. The van der Waals surface area contributed by atoms with Crippen molar-refractivity contribution in [3.63, 3.8) is 0 Å². The molecule has 2 heterocycles. The van der Waals surface area contributed by atoms with Gasteiger partial charge in [0.05, 0.1) is 13.7 Å². The number of ether oxygens (including phenoxy) is 1. The topological polar surface area (TPSA) is 88.2 Å². The van der Waals surface area contributed by atoms with E-state index in [0.29, 0.717) is 56.1 Å². The molecule has 132 valence electrons. The summed E-state index contributed by atoms with van der Waals surface area (Å²) in [5.74, 6) is 0.651. The molecule has 7 nitrogen and oxygen atoms in total. The minimum atomic E-state index is -0.132. The smallest absolute Gasteiger partial charge is 0.272 e. The number of amides is 2. The normalized spacial score (nSPS) is 18.3. The van der Waals surface area contributed by atoms with Crippen molar-refractivity contribution >= 4 is 18.0 Å². The van der Waals surface area contributed by atoms with E-state index in [9.17, 15) is 9.59 Å². The average Bonchev–Trinajstić information content (AvgIpc) is 2.65. The second-order valence-corrected chi connectivity index (χ2v) is 6.13. The SMILES string of the molecule is COc1ccc(CN2CCN=C(C3=C(N)CCN(C=O)C3)C2=O)cc1. The first-order valence-corrected chi connectivity index (χ1v) is 8.26. The minimum absolute atomic E-state index is 0.132. The van der Waals surface area contributed by atoms with Gasteiger partial charge >= 0.3 is 0 Å². The van der Waals surface area contributed by atoms with Gasteiger partial charge in [-0.15, -0.1) is 0 Å². The summed E-state index contributed by atoms with van der Waals surface area (Å²) in [6.07, 6.45) is 1.36. The number of carbonyl (C=O) groups is 2. The lowest BCUT2D eigenvalue weighted by atomic mass is 9.99. The van der Waals surface area contributed by atoms with Crippen LogP contribution in [0.4, 0.5) is 0 Å². The Balaban J connectivity index is 1.76. The van der Waals surface area contributed by atoms with Crippen molar-refractivity contribution < 1.29 is 14.3 Å². The molecular formula is C18H22N4O3. The van der Waals surface area contributed by atoms with Crippen molar-refractivity contribution in [2.24, 2.45) is 10.7 Å². The molecule has 1 aromatic rings. The molecule has 0 unspecified atom stereocenters. The maximum atomic E-state index is 12.9. The summed E-state index contributed by atoms with van der Waals surface area (Å²) < 4.78 is 5.16. The summed E-state index contributed by atoms with van der Waals surface area (Å²) in [6.45, 7) is 2.53. The van der Waals surface area contributed by atoms with Gasteiger partial charge in [0.1, 0.15) is 11.5 Å². The van der Waals surface area contributed by atoms with E-state index in [1.807, 2.05) is 24.3 Å². The molecule has 2 amide bonds. The zero-order valence-electron chi connectivity index (χ0n) is 14.3. The Kier molecular flexibility index (Phi) is 5.02. The van der Waals surface area contributed by atoms with Gasteiger partial charge in [0.15, 0.2) is 0 Å². The molecule has 2 aliphatic heterocycles. The molecule has 0 aromatic heterocycles. The van der Waals surface area contributed by atoms with Gasteiger partial charge < -0.3 is 20.3 Å². The Labute approximate surface area is 146 Å². The number of aliphatic imine (C=N–C) groups is 1. The van der Waals surface area contributed by atoms with Crippen LogP contribution < -0.4 is 10.5 Å². The van der Waals surface area contributed by atoms with Crippen LogP contribution in [-0.4, -0.2) is 61.1 Å². The molecule has 0 fully saturated rings. The molecule has 0 aliphatic carbocycles. The standard InChI is InChI=1S/C18H22N4O3/c1-25-14-4-2-13(3-5-14)10-22-9-7-20-17(18(22)24)15-11-21(12-23)8-6-16(15)19/h2-5,12H,6-11,19H2,1H3. The molecule has 0 bridgehead atoms. The maximum Gasteiger partial charge on any atom is 0.272 e. The van der Waals surface area contributed by atoms with Crippen LogP contribution in [0.3, 0.4) is 0 Å². The third-order valence-electron chi connectivity index (χ3n) is 4.51. The Bertz CT molecular complexity index is 724. The van der Waals surface area contributed by atoms with Gasteiger partial charge in [0, 0.05) is 43.9 Å². The number of nitrogens with zero attached hydrogens (tertiary/aromatic N) is 3. The summed E-state index contributed by atoms with van der Waals surface area (Å²) in [5.41, 5.74) is 8.84. The van der Waals surface area contributed by atoms with Crippen molar-refractivity contribution in [3.05, 3.63) is 41.1 Å². The summed E-state index contributed by atoms with van der Waals surface area (Å²) >= 11 is 0. The Hall–Kier alpha value is -2.83. The molecule has 0 spiro atoms. The van der Waals surface area contributed by atoms with E-state index < -0.39 is 0 Å². The molecule has 0 saturated heterocycles. The van der Waals surface area contributed by atoms with Gasteiger partial charge in [-0.05, 0) is 17.7 Å². The van der Waals surface area contributed by atoms with Crippen LogP contribution in [0.15, 0.2) is 40.5 Å². The highest BCUT2D eigenvalue weighted by Crippen LogP contribution is 2.19. The summed E-state index contributed by atoms with van der Waals surface area (Å²) in [7, 11) is 1.62. The maximum absolute atomic E-state index is 12.9. The number of methoxy groups -OCH3 is 1. The van der Waals surface area contributed by atoms with Crippen molar-refractivity contribution in [2.45, 2.75) is 13.0 Å². The van der Waals surface area contributed by atoms with Crippen LogP contribution in [0.25, 0.3) is 0 Å². The lowest BCUT2D eigenvalue weighted by molar-refractivity contribution is -0.125. The van der Waals surface area contributed by atoms with Crippen molar-refractivity contribution in [1.82, 2.24) is 9.80 Å².